The third kappa shape index (κ3) is 5.99. The largest absolute Gasteiger partial charge is 0.573 e. The van der Waals surface area contributed by atoms with E-state index in [0.717, 1.165) is 28.9 Å². The van der Waals surface area contributed by atoms with Crippen LogP contribution in [0.4, 0.5) is 13.2 Å². The fraction of sp³-hybridized carbons (Fsp3) is 0.300. The topological polar surface area (TPSA) is 94.8 Å². The molecule has 1 atom stereocenters. The minimum absolute atomic E-state index is 0.0144. The van der Waals surface area contributed by atoms with Gasteiger partial charge in [0.2, 0.25) is 0 Å². The van der Waals surface area contributed by atoms with E-state index in [1.807, 2.05) is 0 Å². The number of halogens is 4. The number of alkyl halides is 3. The first kappa shape index (κ1) is 29.9. The Bertz CT molecular complexity index is 1770. The molecule has 1 saturated carbocycles. The molecule has 1 unspecified atom stereocenters. The number of hydrogen-bond acceptors (Lipinski definition) is 6. The quantitative estimate of drug-likeness (QED) is 0.217. The van der Waals surface area contributed by atoms with Crippen LogP contribution < -0.4 is 4.74 Å². The average Bonchev–Trinajstić information content (AvgIpc) is 3.66. The zero-order chi connectivity index (χ0) is 30.6. The summed E-state index contributed by atoms with van der Waals surface area (Å²) in [5.41, 5.74) is -0.415. The summed E-state index contributed by atoms with van der Waals surface area (Å²) in [6.07, 6.45) is -5.11. The van der Waals surface area contributed by atoms with E-state index < -0.39 is 39.8 Å². The van der Waals surface area contributed by atoms with Gasteiger partial charge in [0, 0.05) is 17.0 Å². The Hall–Kier alpha value is -3.54. The zero-order valence-electron chi connectivity index (χ0n) is 22.8. The van der Waals surface area contributed by atoms with E-state index in [0.29, 0.717) is 5.56 Å². The molecule has 0 saturated heterocycles. The number of aliphatic hydroxyl groups is 1. The van der Waals surface area contributed by atoms with E-state index in [4.69, 9.17) is 16.3 Å². The van der Waals surface area contributed by atoms with Crippen molar-refractivity contribution in [3.05, 3.63) is 94.1 Å². The summed E-state index contributed by atoms with van der Waals surface area (Å²) in [7, 11) is -4.46. The van der Waals surface area contributed by atoms with Crippen LogP contribution in [0.5, 0.6) is 5.75 Å². The van der Waals surface area contributed by atoms with E-state index in [2.05, 4.69) is 4.74 Å². The lowest BCUT2D eigenvalue weighted by Crippen LogP contribution is -2.24. The number of aromatic nitrogens is 1. The second-order valence-corrected chi connectivity index (χ2v) is 13.2. The molecule has 1 heterocycles. The number of aliphatic hydroxyl groups excluding tert-OH is 1. The van der Waals surface area contributed by atoms with Crippen molar-refractivity contribution in [2.24, 2.45) is 0 Å². The van der Waals surface area contributed by atoms with Crippen LogP contribution in [-0.2, 0) is 14.8 Å². The van der Waals surface area contributed by atoms with Gasteiger partial charge in [-0.3, -0.25) is 0 Å². The summed E-state index contributed by atoms with van der Waals surface area (Å²) in [5, 5.41) is 12.0. The molecule has 5 rings (SSSR count). The van der Waals surface area contributed by atoms with Gasteiger partial charge in [-0.05, 0) is 81.5 Å². The van der Waals surface area contributed by atoms with Crippen molar-refractivity contribution in [1.82, 2.24) is 3.97 Å². The Morgan fingerprint density at radius 3 is 2.29 bits per heavy atom. The van der Waals surface area contributed by atoms with E-state index in [1.54, 1.807) is 32.9 Å². The lowest BCUT2D eigenvalue weighted by Gasteiger charge is -2.23. The molecule has 0 aliphatic heterocycles. The fourth-order valence-corrected chi connectivity index (χ4v) is 6.72. The first-order chi connectivity index (χ1) is 19.6. The number of hydrogen-bond donors (Lipinski definition) is 1. The van der Waals surface area contributed by atoms with Crippen LogP contribution in [-0.4, -0.2) is 35.4 Å². The summed E-state index contributed by atoms with van der Waals surface area (Å²) >= 11 is 6.77. The first-order valence-corrected chi connectivity index (χ1v) is 14.8. The van der Waals surface area contributed by atoms with Crippen molar-refractivity contribution in [3.8, 4) is 5.75 Å². The molecule has 0 spiro atoms. The fourth-order valence-electron chi connectivity index (χ4n) is 4.81. The monoisotopic (exact) mass is 621 g/mol. The van der Waals surface area contributed by atoms with Gasteiger partial charge in [0.1, 0.15) is 17.5 Å². The number of nitrogens with zero attached hydrogens (tertiary/aromatic N) is 1. The van der Waals surface area contributed by atoms with Gasteiger partial charge < -0.3 is 14.6 Å². The number of rotatable bonds is 7. The molecule has 3 aromatic carbocycles. The molecule has 12 heteroatoms. The molecular formula is C30H27ClF3NO6S. The SMILES string of the molecule is CC(C)(C)OC(=O)c1ccc(C2CC2)c(C(O)c2cc3ccc(OC(F)(F)F)cc3n2S(=O)(=O)c2ccccc2)c1Cl. The highest BCUT2D eigenvalue weighted by Gasteiger charge is 2.36. The summed E-state index contributed by atoms with van der Waals surface area (Å²) < 4.78 is 77.4. The van der Waals surface area contributed by atoms with Gasteiger partial charge in [-0.2, -0.15) is 0 Å². The van der Waals surface area contributed by atoms with Crippen molar-refractivity contribution >= 4 is 38.5 Å². The van der Waals surface area contributed by atoms with Crippen molar-refractivity contribution in [1.29, 1.82) is 0 Å². The highest BCUT2D eigenvalue weighted by Crippen LogP contribution is 2.47. The zero-order valence-corrected chi connectivity index (χ0v) is 24.3. The van der Waals surface area contributed by atoms with E-state index in [1.165, 1.54) is 42.5 Å². The molecule has 1 aromatic heterocycles. The van der Waals surface area contributed by atoms with Crippen molar-refractivity contribution in [2.75, 3.05) is 0 Å². The van der Waals surface area contributed by atoms with Crippen LogP contribution in [0, 0.1) is 0 Å². The van der Waals surface area contributed by atoms with Gasteiger partial charge in [0.05, 0.1) is 26.7 Å². The van der Waals surface area contributed by atoms with Crippen LogP contribution in [0.15, 0.2) is 71.6 Å². The standard InChI is InChI=1S/C30H27ClF3NO6S/c1-29(2,3)41-28(37)22-14-13-21(17-9-10-17)25(26(22)31)27(36)24-15-18-11-12-19(40-30(32,33)34)16-23(18)35(24)42(38,39)20-7-5-4-6-8-20/h4-8,11-17,27,36H,9-10H2,1-3H3. The predicted molar refractivity (Wildman–Crippen MR) is 150 cm³/mol. The maximum atomic E-state index is 14.0. The molecule has 0 bridgehead atoms. The van der Waals surface area contributed by atoms with Gasteiger partial charge in [-0.1, -0.05) is 35.9 Å². The molecule has 0 amide bonds. The van der Waals surface area contributed by atoms with Crippen LogP contribution in [0.1, 0.15) is 72.8 Å². The van der Waals surface area contributed by atoms with Crippen LogP contribution in [0.2, 0.25) is 5.02 Å². The van der Waals surface area contributed by atoms with E-state index in [9.17, 15) is 31.5 Å². The number of carbonyl (C=O) groups excluding carboxylic acids is 1. The second kappa shape index (κ2) is 10.6. The molecular weight excluding hydrogens is 595 g/mol. The number of fused-ring (bicyclic) bond motifs is 1. The third-order valence-corrected chi connectivity index (χ3v) is 8.84. The molecule has 7 nitrogen and oxygen atoms in total. The minimum atomic E-state index is -5.01. The third-order valence-electron chi connectivity index (χ3n) is 6.68. The molecule has 1 aliphatic rings. The highest BCUT2D eigenvalue weighted by atomic mass is 35.5. The van der Waals surface area contributed by atoms with Crippen LogP contribution in [0.25, 0.3) is 10.9 Å². The molecule has 42 heavy (non-hydrogen) atoms. The number of esters is 1. The molecule has 1 aliphatic carbocycles. The highest BCUT2D eigenvalue weighted by molar-refractivity contribution is 7.90. The van der Waals surface area contributed by atoms with E-state index in [-0.39, 0.29) is 43.6 Å². The predicted octanol–water partition coefficient (Wildman–Crippen LogP) is 7.34. The normalized spacial score (nSPS) is 15.0. The Balaban J connectivity index is 1.75. The van der Waals surface area contributed by atoms with Gasteiger partial charge in [-0.15, -0.1) is 13.2 Å². The maximum Gasteiger partial charge on any atom is 0.573 e. The first-order valence-electron chi connectivity index (χ1n) is 13.0. The van der Waals surface area contributed by atoms with Crippen LogP contribution >= 0.6 is 11.6 Å². The summed E-state index contributed by atoms with van der Waals surface area (Å²) in [5.74, 6) is -1.34. The van der Waals surface area contributed by atoms with Gasteiger partial charge in [0.15, 0.2) is 0 Å². The summed E-state index contributed by atoms with van der Waals surface area (Å²) in [6.45, 7) is 5.07. The van der Waals surface area contributed by atoms with Crippen molar-refractivity contribution in [2.45, 2.75) is 62.5 Å². The average molecular weight is 622 g/mol. The summed E-state index contributed by atoms with van der Waals surface area (Å²) in [6, 6.07) is 15.1. The Kier molecular flexibility index (Phi) is 7.57. The van der Waals surface area contributed by atoms with Gasteiger partial charge in [0.25, 0.3) is 10.0 Å². The molecule has 222 valence electrons. The molecule has 0 radical (unpaired) electrons. The molecule has 4 aromatic rings. The summed E-state index contributed by atoms with van der Waals surface area (Å²) in [4.78, 5) is 12.8. The molecule has 1 N–H and O–H groups in total. The maximum absolute atomic E-state index is 14.0. The Labute approximate surface area is 245 Å². The van der Waals surface area contributed by atoms with Gasteiger partial charge in [-0.25, -0.2) is 17.2 Å². The van der Waals surface area contributed by atoms with E-state index >= 15 is 0 Å². The minimum Gasteiger partial charge on any atom is -0.456 e. The number of ether oxygens (including phenoxy) is 2. The number of carbonyl (C=O) groups is 1. The molecule has 1 fully saturated rings. The Morgan fingerprint density at radius 1 is 1.02 bits per heavy atom. The Morgan fingerprint density at radius 2 is 1.69 bits per heavy atom. The van der Waals surface area contributed by atoms with Crippen LogP contribution in [0.3, 0.4) is 0 Å². The number of benzene rings is 3. The second-order valence-electron chi connectivity index (χ2n) is 11.0. The van der Waals surface area contributed by atoms with Gasteiger partial charge >= 0.3 is 12.3 Å². The van der Waals surface area contributed by atoms with Crippen molar-refractivity contribution < 1.29 is 41.0 Å². The van der Waals surface area contributed by atoms with Crippen molar-refractivity contribution in [3.63, 3.8) is 0 Å². The smallest absolute Gasteiger partial charge is 0.456 e. The lowest BCUT2D eigenvalue weighted by atomic mass is 9.94. The lowest BCUT2D eigenvalue weighted by molar-refractivity contribution is -0.274.